The number of aromatic hydroxyl groups is 2. The lowest BCUT2D eigenvalue weighted by atomic mass is 10.0. The van der Waals surface area contributed by atoms with Gasteiger partial charge in [-0.05, 0) is 81.3 Å². The Morgan fingerprint density at radius 1 is 0.673 bits per heavy atom. The fraction of sp³-hybridized carbons (Fsp3) is 0.545. The molecule has 2 saturated heterocycles. The number of hydrogen-bond acceptors (Lipinski definition) is 22. The number of aliphatic hydroxyl groups excluding tert-OH is 1. The van der Waals surface area contributed by atoms with Crippen molar-refractivity contribution >= 4 is 104 Å². The largest absolute Gasteiger partial charge is 0.508 e. The molecule has 0 bridgehead atoms. The van der Waals surface area contributed by atoms with E-state index in [0.29, 0.717) is 11.1 Å². The van der Waals surface area contributed by atoms with Crippen molar-refractivity contribution in [2.24, 2.45) is 5.92 Å². The maximum atomic E-state index is 14.9. The lowest BCUT2D eigenvalue weighted by Gasteiger charge is -2.31. The fourth-order valence-corrected chi connectivity index (χ4v) is 13.3. The summed E-state index contributed by atoms with van der Waals surface area (Å²) in [7, 11) is 2.07. The Labute approximate surface area is 606 Å². The molecule has 0 saturated carbocycles. The number of carboxylic acid groups (broad SMARTS) is 1. The molecule has 5 rings (SSSR count). The average Bonchev–Trinajstić information content (AvgIpc) is 1.59. The van der Waals surface area contributed by atoms with E-state index in [1.165, 1.54) is 81.1 Å². The van der Waals surface area contributed by atoms with Crippen LogP contribution in [0.15, 0.2) is 64.3 Å². The highest BCUT2D eigenvalue weighted by Crippen LogP contribution is 2.25. The first-order valence-electron chi connectivity index (χ1n) is 33.6. The zero-order valence-corrected chi connectivity index (χ0v) is 60.5. The average molecular weight is 1500 g/mol. The lowest BCUT2D eigenvalue weighted by Crippen LogP contribution is -2.60. The van der Waals surface area contributed by atoms with Gasteiger partial charge in [0.25, 0.3) is 5.56 Å². The Balaban J connectivity index is 1.43. The third-order valence-electron chi connectivity index (χ3n) is 16.2. The molecule has 1 aromatic heterocycles. The van der Waals surface area contributed by atoms with Crippen LogP contribution in [0.25, 0.3) is 0 Å². The summed E-state index contributed by atoms with van der Waals surface area (Å²) in [5.74, 6) is -13.0. The summed E-state index contributed by atoms with van der Waals surface area (Å²) < 4.78 is 0.915. The maximum Gasteiger partial charge on any atom is 0.328 e. The van der Waals surface area contributed by atoms with E-state index in [0.717, 1.165) is 37.3 Å². The molecular weight excluding hydrogens is 1400 g/mol. The summed E-state index contributed by atoms with van der Waals surface area (Å²) in [4.78, 5) is 223. The number of H-pyrrole nitrogens is 1. The monoisotopic (exact) mass is 1490 g/mol. The molecular formula is C66H94N16O20S2. The second-order valence-electron chi connectivity index (χ2n) is 25.6. The van der Waals surface area contributed by atoms with Crippen molar-refractivity contribution in [1.82, 2.24) is 82.7 Å². The number of aromatic amines is 1. The standard InChI is InChI=1S/C66H94N16O20S2/c1-36(2)25-49(72-54(90)32-80(55(91)33-81-30-37(3)58(94)78-66(81)102)24-20-69-53(89)31-79(22-18-67-40(6)84)23-19-68-41(7)85)65(101)82-21-8-9-51(82)63(99)76-50-35-104-103-34-38(4)71-64(100)57(39(5)83)77-52(88)29-70-59(95)46(26-42-10-14-44(86)15-11-42)73-60(96)47(27-43-12-16-45(87)17-13-43)74-61(97)48(28-56(92)93)75-62(50)98/h10-17,30,36,38-39,46-51,57,83,86-87H,8-9,18-29,31-35H2,1-7H3,(H,67,84)(H,68,85)(H,69,89)(H,70,95)(H,71,100)(H,72,90)(H,73,96)(H,74,97)(H,75,98)(H,76,99)(H,77,88)(H,92,93)(H,78,94,102)/t38-,39?,46+,47+,48+,49+,50+,51+,57+/m1/s1. The number of hydrogen-bond donors (Lipinski definition) is 16. The first kappa shape index (κ1) is 84.6. The first-order valence-corrected chi connectivity index (χ1v) is 36.1. The molecule has 3 aromatic rings. The molecule has 0 radical (unpaired) electrons. The van der Waals surface area contributed by atoms with Gasteiger partial charge in [-0.1, -0.05) is 59.7 Å². The Morgan fingerprint density at radius 3 is 1.80 bits per heavy atom. The van der Waals surface area contributed by atoms with Gasteiger partial charge in [0.2, 0.25) is 76.8 Å². The quantitative estimate of drug-likeness (QED) is 0.0303. The Bertz CT molecular complexity index is 3650. The molecule has 570 valence electrons. The summed E-state index contributed by atoms with van der Waals surface area (Å²) in [5.41, 5.74) is -0.829. The van der Waals surface area contributed by atoms with Crippen molar-refractivity contribution in [2.45, 2.75) is 148 Å². The fourth-order valence-electron chi connectivity index (χ4n) is 10.9. The van der Waals surface area contributed by atoms with Gasteiger partial charge in [0.1, 0.15) is 60.3 Å². The maximum absolute atomic E-state index is 14.9. The number of carbonyl (C=O) groups is 14. The van der Waals surface area contributed by atoms with E-state index >= 15 is 0 Å². The molecule has 1 unspecified atom stereocenters. The van der Waals surface area contributed by atoms with Crippen molar-refractivity contribution in [2.75, 3.05) is 77.0 Å². The molecule has 3 heterocycles. The number of aliphatic carboxylic acids is 1. The number of likely N-dealkylation sites (tertiary alicyclic amines) is 1. The number of phenols is 2. The molecule has 2 aliphatic heterocycles. The number of amides is 13. The van der Waals surface area contributed by atoms with E-state index in [1.54, 1.807) is 25.7 Å². The van der Waals surface area contributed by atoms with Crippen LogP contribution < -0.4 is 69.7 Å². The van der Waals surface area contributed by atoms with Crippen LogP contribution in [0.2, 0.25) is 0 Å². The number of carbonyl (C=O) groups excluding carboxylic acids is 13. The molecule has 2 aliphatic rings. The Morgan fingerprint density at radius 2 is 1.23 bits per heavy atom. The third kappa shape index (κ3) is 29.0. The highest BCUT2D eigenvalue weighted by Gasteiger charge is 2.41. The number of aryl methyl sites for hydroxylation is 1. The van der Waals surface area contributed by atoms with Crippen molar-refractivity contribution in [3.63, 3.8) is 0 Å². The van der Waals surface area contributed by atoms with E-state index in [4.69, 9.17) is 0 Å². The second-order valence-corrected chi connectivity index (χ2v) is 28.2. The van der Waals surface area contributed by atoms with Gasteiger partial charge >= 0.3 is 11.7 Å². The summed E-state index contributed by atoms with van der Waals surface area (Å²) >= 11 is 0. The molecule has 0 spiro atoms. The van der Waals surface area contributed by atoms with Gasteiger partial charge in [-0.3, -0.25) is 86.4 Å². The number of rotatable bonds is 28. The van der Waals surface area contributed by atoms with Crippen LogP contribution in [-0.4, -0.2) is 259 Å². The second kappa shape index (κ2) is 41.9. The molecule has 0 aliphatic carbocycles. The van der Waals surface area contributed by atoms with Crippen molar-refractivity contribution < 1.29 is 87.5 Å². The van der Waals surface area contributed by atoms with Crippen LogP contribution in [0.5, 0.6) is 11.5 Å². The van der Waals surface area contributed by atoms with Crippen molar-refractivity contribution in [3.8, 4) is 11.5 Å². The van der Waals surface area contributed by atoms with E-state index < -0.39 is 163 Å². The number of aromatic nitrogens is 2. The van der Waals surface area contributed by atoms with Gasteiger partial charge in [0.15, 0.2) is 0 Å². The van der Waals surface area contributed by atoms with E-state index in [-0.39, 0.29) is 131 Å². The zero-order chi connectivity index (χ0) is 76.9. The smallest absolute Gasteiger partial charge is 0.328 e. The minimum absolute atomic E-state index is 0.0157. The van der Waals surface area contributed by atoms with Crippen molar-refractivity contribution in [1.29, 1.82) is 0 Å². The Hall–Kier alpha value is -10.1. The van der Waals surface area contributed by atoms with E-state index in [9.17, 15) is 97.1 Å². The molecule has 13 amide bonds. The van der Waals surface area contributed by atoms with Crippen LogP contribution in [0, 0.1) is 12.8 Å². The van der Waals surface area contributed by atoms with Crippen LogP contribution in [-0.2, 0) is 86.5 Å². The van der Waals surface area contributed by atoms with E-state index in [2.05, 4.69) is 63.5 Å². The summed E-state index contributed by atoms with van der Waals surface area (Å²) in [6, 6.07) is -0.872. The summed E-state index contributed by atoms with van der Waals surface area (Å²) in [6.07, 6.45) is -1.83. The van der Waals surface area contributed by atoms with Crippen LogP contribution in [0.1, 0.15) is 83.9 Å². The van der Waals surface area contributed by atoms with Gasteiger partial charge in [0, 0.05) is 102 Å². The number of benzene rings is 2. The minimum atomic E-state index is -1.98. The van der Waals surface area contributed by atoms with Crippen LogP contribution in [0.3, 0.4) is 0 Å². The topological polar surface area (TPSA) is 517 Å². The molecule has 9 atom stereocenters. The molecule has 104 heavy (non-hydrogen) atoms. The third-order valence-corrected chi connectivity index (χ3v) is 18.8. The highest BCUT2D eigenvalue weighted by atomic mass is 33.1. The zero-order valence-electron chi connectivity index (χ0n) is 58.8. The van der Waals surface area contributed by atoms with Crippen molar-refractivity contribution in [3.05, 3.63) is 92.3 Å². The molecule has 36 nitrogen and oxygen atoms in total. The van der Waals surface area contributed by atoms with Gasteiger partial charge < -0.3 is 88.7 Å². The number of nitrogens with one attached hydrogen (secondary N) is 12. The predicted molar refractivity (Wildman–Crippen MR) is 378 cm³/mol. The highest BCUT2D eigenvalue weighted by molar-refractivity contribution is 8.76. The molecule has 2 aromatic carbocycles. The molecule has 38 heteroatoms. The number of aliphatic hydroxyl groups is 1. The van der Waals surface area contributed by atoms with Gasteiger partial charge in [-0.15, -0.1) is 0 Å². The first-order chi connectivity index (χ1) is 49.2. The van der Waals surface area contributed by atoms with Gasteiger partial charge in [-0.25, -0.2) is 4.79 Å². The van der Waals surface area contributed by atoms with Gasteiger partial charge in [0.05, 0.1) is 32.2 Å². The SMILES string of the molecule is CC(=O)NCCN(CCNC(C)=O)CC(=O)NCCN(CC(=O)N[C@@H](CC(C)C)C(=O)N1CCC[C@H]1C(=O)N[C@H]1CSSC[C@@H](C)NC(=O)[C@H](C(C)O)NC(=O)CNC(=O)[C@H](Cc2ccc(O)cc2)NC(=O)[C@H](Cc2ccc(O)cc2)NC(=O)[C@H](CC(=O)O)NC1=O)C(=O)Cn1cc(C)c(=O)[nH]c1=O. The molecule has 2 fully saturated rings. The number of carboxylic acids is 1. The van der Waals surface area contributed by atoms with E-state index in [1.807, 2.05) is 0 Å². The number of phenolic OH excluding ortho intramolecular Hbond substituents is 2. The molecule has 16 N–H and O–H groups in total. The summed E-state index contributed by atoms with van der Waals surface area (Å²) in [5, 5.41) is 69.1. The lowest BCUT2D eigenvalue weighted by molar-refractivity contribution is -0.143. The Kier molecular flexibility index (Phi) is 34.1. The minimum Gasteiger partial charge on any atom is -0.508 e. The van der Waals surface area contributed by atoms with Gasteiger partial charge in [-0.2, -0.15) is 0 Å². The predicted octanol–water partition coefficient (Wildman–Crippen LogP) is -4.92. The summed E-state index contributed by atoms with van der Waals surface area (Å²) in [6.45, 7) is 8.15. The van der Waals surface area contributed by atoms with Crippen LogP contribution in [0.4, 0.5) is 0 Å². The number of nitrogens with zero attached hydrogens (tertiary/aromatic N) is 4. The van der Waals surface area contributed by atoms with Crippen LogP contribution >= 0.6 is 21.6 Å². The normalized spacial score (nSPS) is 20.2.